The summed E-state index contributed by atoms with van der Waals surface area (Å²) in [5.74, 6) is 1.42. The van der Waals surface area contributed by atoms with E-state index in [-0.39, 0.29) is 12.7 Å². The van der Waals surface area contributed by atoms with Crippen molar-refractivity contribution in [2.24, 2.45) is 5.73 Å². The highest BCUT2D eigenvalue weighted by Crippen LogP contribution is 2.34. The van der Waals surface area contributed by atoms with Gasteiger partial charge in [-0.05, 0) is 44.0 Å². The van der Waals surface area contributed by atoms with Crippen LogP contribution in [0.5, 0.6) is 11.5 Å². The van der Waals surface area contributed by atoms with Crippen molar-refractivity contribution in [3.05, 3.63) is 23.8 Å². The molecule has 5 heteroatoms. The van der Waals surface area contributed by atoms with Crippen LogP contribution in [0, 0.1) is 0 Å². The Morgan fingerprint density at radius 1 is 1.32 bits per heavy atom. The number of fused-ring (bicyclic) bond motifs is 1. The third kappa shape index (κ3) is 2.51. The molecule has 1 saturated carbocycles. The van der Waals surface area contributed by atoms with E-state index in [0.29, 0.717) is 29.6 Å². The van der Waals surface area contributed by atoms with Crippen LogP contribution < -0.4 is 15.2 Å². The molecule has 0 spiro atoms. The van der Waals surface area contributed by atoms with E-state index in [1.54, 1.807) is 18.2 Å². The minimum atomic E-state index is 0.0641. The van der Waals surface area contributed by atoms with E-state index in [9.17, 15) is 4.79 Å². The van der Waals surface area contributed by atoms with Crippen molar-refractivity contribution < 1.29 is 14.3 Å². The molecule has 1 amide bonds. The van der Waals surface area contributed by atoms with Gasteiger partial charge in [0.05, 0.1) is 0 Å². The topological polar surface area (TPSA) is 64.8 Å². The second kappa shape index (κ2) is 5.09. The van der Waals surface area contributed by atoms with Crippen LogP contribution in [0.1, 0.15) is 29.6 Å². The Morgan fingerprint density at radius 2 is 2.11 bits per heavy atom. The standard InChI is InChI=1S/C14H18N2O3/c15-6-1-7-16(11-3-4-11)14(17)10-2-5-12-13(8-10)19-9-18-12/h2,5,8,11H,1,3-4,6-7,9,15H2. The first-order chi connectivity index (χ1) is 9.29. The van der Waals surface area contributed by atoms with Crippen molar-refractivity contribution in [1.82, 2.24) is 4.90 Å². The molecule has 2 aliphatic rings. The molecule has 1 aromatic rings. The van der Waals surface area contributed by atoms with Crippen LogP contribution in [0.4, 0.5) is 0 Å². The Kier molecular flexibility index (Phi) is 3.29. The minimum absolute atomic E-state index is 0.0641. The molecule has 0 unspecified atom stereocenters. The predicted molar refractivity (Wildman–Crippen MR) is 70.3 cm³/mol. The first-order valence-corrected chi connectivity index (χ1v) is 6.70. The summed E-state index contributed by atoms with van der Waals surface area (Å²) in [5, 5.41) is 0. The van der Waals surface area contributed by atoms with E-state index < -0.39 is 0 Å². The summed E-state index contributed by atoms with van der Waals surface area (Å²) in [6.07, 6.45) is 3.04. The van der Waals surface area contributed by atoms with Crippen molar-refractivity contribution in [1.29, 1.82) is 0 Å². The van der Waals surface area contributed by atoms with Crippen LogP contribution in [0.3, 0.4) is 0 Å². The maximum Gasteiger partial charge on any atom is 0.254 e. The molecule has 0 aromatic heterocycles. The molecule has 0 radical (unpaired) electrons. The van der Waals surface area contributed by atoms with Crippen molar-refractivity contribution in [3.8, 4) is 11.5 Å². The normalized spacial score (nSPS) is 16.5. The summed E-state index contributed by atoms with van der Waals surface area (Å²) in [4.78, 5) is 14.5. The highest BCUT2D eigenvalue weighted by atomic mass is 16.7. The summed E-state index contributed by atoms with van der Waals surface area (Å²) < 4.78 is 10.6. The molecule has 1 fully saturated rings. The summed E-state index contributed by atoms with van der Waals surface area (Å²) in [5.41, 5.74) is 6.20. The Hall–Kier alpha value is -1.75. The molecule has 0 bridgehead atoms. The van der Waals surface area contributed by atoms with Crippen molar-refractivity contribution >= 4 is 5.91 Å². The molecule has 1 aromatic carbocycles. The minimum Gasteiger partial charge on any atom is -0.454 e. The zero-order chi connectivity index (χ0) is 13.2. The van der Waals surface area contributed by atoms with Gasteiger partial charge in [0.1, 0.15) is 0 Å². The number of hydrogen-bond acceptors (Lipinski definition) is 4. The van der Waals surface area contributed by atoms with E-state index in [1.165, 1.54) is 0 Å². The molecule has 0 atom stereocenters. The number of carbonyl (C=O) groups is 1. The van der Waals surface area contributed by atoms with Crippen molar-refractivity contribution in [3.63, 3.8) is 0 Å². The highest BCUT2D eigenvalue weighted by Gasteiger charge is 2.33. The van der Waals surface area contributed by atoms with Crippen molar-refractivity contribution in [2.45, 2.75) is 25.3 Å². The SMILES string of the molecule is NCCCN(C(=O)c1ccc2c(c1)OCO2)C1CC1. The monoisotopic (exact) mass is 262 g/mol. The van der Waals surface area contributed by atoms with E-state index in [0.717, 1.165) is 25.8 Å². The highest BCUT2D eigenvalue weighted by molar-refractivity contribution is 5.95. The molecule has 1 aliphatic heterocycles. The van der Waals surface area contributed by atoms with Gasteiger partial charge < -0.3 is 20.1 Å². The quantitative estimate of drug-likeness (QED) is 0.870. The predicted octanol–water partition coefficient (Wildman–Crippen LogP) is 1.37. The molecule has 0 saturated heterocycles. The van der Waals surface area contributed by atoms with Gasteiger partial charge in [0, 0.05) is 18.2 Å². The summed E-state index contributed by atoms with van der Waals surface area (Å²) in [7, 11) is 0. The zero-order valence-corrected chi connectivity index (χ0v) is 10.8. The van der Waals surface area contributed by atoms with Gasteiger partial charge in [-0.3, -0.25) is 4.79 Å². The van der Waals surface area contributed by atoms with Gasteiger partial charge in [-0.1, -0.05) is 0 Å². The number of benzene rings is 1. The lowest BCUT2D eigenvalue weighted by Gasteiger charge is -2.22. The molecular formula is C14H18N2O3. The number of nitrogens with two attached hydrogens (primary N) is 1. The average molecular weight is 262 g/mol. The maximum atomic E-state index is 12.5. The molecule has 3 rings (SSSR count). The van der Waals surface area contributed by atoms with Gasteiger partial charge >= 0.3 is 0 Å². The molecule has 2 N–H and O–H groups in total. The Morgan fingerprint density at radius 3 is 2.84 bits per heavy atom. The Labute approximate surface area is 112 Å². The van der Waals surface area contributed by atoms with Gasteiger partial charge in [0.25, 0.3) is 5.91 Å². The second-order valence-electron chi connectivity index (χ2n) is 4.94. The lowest BCUT2D eigenvalue weighted by atomic mass is 10.1. The largest absolute Gasteiger partial charge is 0.454 e. The van der Waals surface area contributed by atoms with Crippen LogP contribution in [0.25, 0.3) is 0 Å². The number of rotatable bonds is 5. The number of carbonyl (C=O) groups excluding carboxylic acids is 1. The summed E-state index contributed by atoms with van der Waals surface area (Å²) >= 11 is 0. The van der Waals surface area contributed by atoms with Crippen LogP contribution in [0.2, 0.25) is 0 Å². The van der Waals surface area contributed by atoms with Crippen molar-refractivity contribution in [2.75, 3.05) is 19.9 Å². The van der Waals surface area contributed by atoms with E-state index >= 15 is 0 Å². The molecule has 102 valence electrons. The molecule has 1 aliphatic carbocycles. The number of hydrogen-bond donors (Lipinski definition) is 1. The first-order valence-electron chi connectivity index (χ1n) is 6.70. The molecule has 19 heavy (non-hydrogen) atoms. The van der Waals surface area contributed by atoms with Gasteiger partial charge in [0.15, 0.2) is 11.5 Å². The first kappa shape index (κ1) is 12.3. The number of amides is 1. The van der Waals surface area contributed by atoms with Crippen LogP contribution in [-0.2, 0) is 0 Å². The number of nitrogens with zero attached hydrogens (tertiary/aromatic N) is 1. The summed E-state index contributed by atoms with van der Waals surface area (Å²) in [6.45, 7) is 1.57. The zero-order valence-electron chi connectivity index (χ0n) is 10.8. The lowest BCUT2D eigenvalue weighted by Crippen LogP contribution is -2.34. The fraction of sp³-hybridized carbons (Fsp3) is 0.500. The third-order valence-electron chi connectivity index (χ3n) is 3.47. The summed E-state index contributed by atoms with van der Waals surface area (Å²) in [6, 6.07) is 5.75. The lowest BCUT2D eigenvalue weighted by molar-refractivity contribution is 0.0741. The van der Waals surface area contributed by atoms with Gasteiger partial charge in [-0.25, -0.2) is 0 Å². The maximum absolute atomic E-state index is 12.5. The molecule has 5 nitrogen and oxygen atoms in total. The van der Waals surface area contributed by atoms with Crippen LogP contribution in [0.15, 0.2) is 18.2 Å². The Bertz CT molecular complexity index is 486. The molecule has 1 heterocycles. The molecular weight excluding hydrogens is 244 g/mol. The van der Waals surface area contributed by atoms with Gasteiger partial charge in [-0.2, -0.15) is 0 Å². The second-order valence-corrected chi connectivity index (χ2v) is 4.94. The number of ether oxygens (including phenoxy) is 2. The third-order valence-corrected chi connectivity index (χ3v) is 3.47. The average Bonchev–Trinajstić information content (AvgIpc) is 3.15. The van der Waals surface area contributed by atoms with Crippen LogP contribution >= 0.6 is 0 Å². The van der Waals surface area contributed by atoms with Gasteiger partial charge in [0.2, 0.25) is 6.79 Å². The fourth-order valence-corrected chi connectivity index (χ4v) is 2.29. The smallest absolute Gasteiger partial charge is 0.254 e. The fourth-order valence-electron chi connectivity index (χ4n) is 2.29. The van der Waals surface area contributed by atoms with E-state index in [1.807, 2.05) is 4.90 Å². The van der Waals surface area contributed by atoms with E-state index in [2.05, 4.69) is 0 Å². The van der Waals surface area contributed by atoms with E-state index in [4.69, 9.17) is 15.2 Å². The Balaban J connectivity index is 1.77. The van der Waals surface area contributed by atoms with Gasteiger partial charge in [-0.15, -0.1) is 0 Å². The van der Waals surface area contributed by atoms with Crippen LogP contribution in [-0.4, -0.2) is 36.7 Å².